The number of nitrogens with two attached hydrogens (primary N) is 1. The quantitative estimate of drug-likeness (QED) is 0.428. The molecule has 0 unspecified atom stereocenters. The number of carbonyl (C=O) groups excluding carboxylic acids is 1. The number of aromatic nitrogens is 6. The van der Waals surface area contributed by atoms with E-state index in [2.05, 4.69) is 30.8 Å². The second-order valence-electron chi connectivity index (χ2n) is 6.40. The van der Waals surface area contributed by atoms with E-state index in [9.17, 15) is 4.79 Å². The molecule has 1 amide bonds. The first-order valence-electron chi connectivity index (χ1n) is 9.11. The highest BCUT2D eigenvalue weighted by Crippen LogP contribution is 2.24. The number of hydrogen-bond acceptors (Lipinski definition) is 9. The molecular weight excluding hydrogens is 400 g/mol. The largest absolute Gasteiger partial charge is 0.365 e. The predicted molar refractivity (Wildman–Crippen MR) is 109 cm³/mol. The summed E-state index contributed by atoms with van der Waals surface area (Å²) in [6.45, 7) is 0. The van der Waals surface area contributed by atoms with Gasteiger partial charge in [-0.25, -0.2) is 4.98 Å². The SMILES string of the molecule is NC(=O)c1cnc(On2nnc3ccccc32)nc1Nc1ccc(-c2ccno2)cc1. The van der Waals surface area contributed by atoms with Crippen LogP contribution in [0.15, 0.2) is 71.5 Å². The number of benzene rings is 2. The average Bonchev–Trinajstić information content (AvgIpc) is 3.45. The van der Waals surface area contributed by atoms with Gasteiger partial charge < -0.3 is 20.4 Å². The normalized spacial score (nSPS) is 10.8. The smallest absolute Gasteiger partial charge is 0.347 e. The molecular formula is C20H14N8O3. The van der Waals surface area contributed by atoms with E-state index in [1.165, 1.54) is 11.0 Å². The lowest BCUT2D eigenvalue weighted by Gasteiger charge is -2.11. The molecule has 5 aromatic rings. The zero-order valence-electron chi connectivity index (χ0n) is 15.8. The van der Waals surface area contributed by atoms with Gasteiger partial charge in [-0.05, 0) is 41.6 Å². The Morgan fingerprint density at radius 1 is 1.10 bits per heavy atom. The number of nitrogens with zero attached hydrogens (tertiary/aromatic N) is 6. The highest BCUT2D eigenvalue weighted by molar-refractivity contribution is 5.98. The van der Waals surface area contributed by atoms with Gasteiger partial charge in [-0.1, -0.05) is 22.1 Å². The number of hydrogen-bond donors (Lipinski definition) is 2. The van der Waals surface area contributed by atoms with Gasteiger partial charge in [0, 0.05) is 23.5 Å². The molecule has 152 valence electrons. The summed E-state index contributed by atoms with van der Waals surface area (Å²) in [5.41, 5.74) is 8.39. The standard InChI is InChI=1S/C20H14N8O3/c21-18(29)14-11-22-20(31-28-16-4-2-1-3-15(16)26-27-28)25-19(14)24-13-7-5-12(6-8-13)17-9-10-23-30-17/h1-11H,(H2,21,29)(H,22,24,25). The monoisotopic (exact) mass is 414 g/mol. The van der Waals surface area contributed by atoms with E-state index in [1.807, 2.05) is 24.3 Å². The number of carbonyl (C=O) groups is 1. The van der Waals surface area contributed by atoms with Crippen molar-refractivity contribution in [3.8, 4) is 17.3 Å². The average molecular weight is 414 g/mol. The van der Waals surface area contributed by atoms with Crippen LogP contribution in [0.25, 0.3) is 22.4 Å². The van der Waals surface area contributed by atoms with Gasteiger partial charge in [0.2, 0.25) is 0 Å². The minimum Gasteiger partial charge on any atom is -0.365 e. The van der Waals surface area contributed by atoms with Crippen molar-refractivity contribution in [2.75, 3.05) is 5.32 Å². The van der Waals surface area contributed by atoms with Crippen LogP contribution < -0.4 is 15.9 Å². The number of anilines is 2. The first kappa shape index (κ1) is 18.2. The summed E-state index contributed by atoms with van der Waals surface area (Å²) in [5, 5.41) is 14.7. The van der Waals surface area contributed by atoms with Crippen molar-refractivity contribution in [2.45, 2.75) is 0 Å². The van der Waals surface area contributed by atoms with Gasteiger partial charge in [-0.2, -0.15) is 4.98 Å². The Hall–Kier alpha value is -4.80. The van der Waals surface area contributed by atoms with Crippen molar-refractivity contribution < 1.29 is 14.2 Å². The van der Waals surface area contributed by atoms with Gasteiger partial charge >= 0.3 is 6.01 Å². The van der Waals surface area contributed by atoms with E-state index in [0.29, 0.717) is 22.5 Å². The van der Waals surface area contributed by atoms with Crippen molar-refractivity contribution >= 4 is 28.4 Å². The maximum Gasteiger partial charge on any atom is 0.347 e. The summed E-state index contributed by atoms with van der Waals surface area (Å²) >= 11 is 0. The van der Waals surface area contributed by atoms with E-state index in [4.69, 9.17) is 15.1 Å². The van der Waals surface area contributed by atoms with Crippen LogP contribution in [0.1, 0.15) is 10.4 Å². The molecule has 0 spiro atoms. The van der Waals surface area contributed by atoms with Crippen LogP contribution in [0.4, 0.5) is 11.5 Å². The summed E-state index contributed by atoms with van der Waals surface area (Å²) in [6, 6.07) is 16.3. The molecule has 11 nitrogen and oxygen atoms in total. The van der Waals surface area contributed by atoms with Crippen LogP contribution in [-0.4, -0.2) is 36.2 Å². The molecule has 0 saturated carbocycles. The molecule has 0 bridgehead atoms. The molecule has 2 aromatic carbocycles. The van der Waals surface area contributed by atoms with Crippen LogP contribution >= 0.6 is 0 Å². The summed E-state index contributed by atoms with van der Waals surface area (Å²) in [6.07, 6.45) is 2.86. The molecule has 0 aliphatic rings. The van der Waals surface area contributed by atoms with Crippen molar-refractivity contribution in [3.63, 3.8) is 0 Å². The molecule has 0 aliphatic heterocycles. The highest BCUT2D eigenvalue weighted by Gasteiger charge is 2.15. The second-order valence-corrected chi connectivity index (χ2v) is 6.40. The van der Waals surface area contributed by atoms with E-state index in [0.717, 1.165) is 5.56 Å². The second kappa shape index (κ2) is 7.55. The van der Waals surface area contributed by atoms with Crippen LogP contribution in [0, 0.1) is 0 Å². The van der Waals surface area contributed by atoms with Gasteiger partial charge in [-0.15, -0.1) is 5.10 Å². The van der Waals surface area contributed by atoms with E-state index >= 15 is 0 Å². The van der Waals surface area contributed by atoms with Crippen LogP contribution in [0.5, 0.6) is 6.01 Å². The first-order chi connectivity index (χ1) is 15.2. The molecule has 5 rings (SSSR count). The third kappa shape index (κ3) is 3.62. The Kier molecular flexibility index (Phi) is 4.45. The van der Waals surface area contributed by atoms with Crippen molar-refractivity contribution in [3.05, 3.63) is 72.6 Å². The van der Waals surface area contributed by atoms with Gasteiger partial charge in [0.25, 0.3) is 5.91 Å². The number of nitrogens with one attached hydrogen (secondary N) is 1. The zero-order valence-corrected chi connectivity index (χ0v) is 15.8. The Balaban J connectivity index is 1.43. The summed E-state index contributed by atoms with van der Waals surface area (Å²) in [7, 11) is 0. The van der Waals surface area contributed by atoms with Crippen LogP contribution in [0.2, 0.25) is 0 Å². The fourth-order valence-corrected chi connectivity index (χ4v) is 2.90. The van der Waals surface area contributed by atoms with Gasteiger partial charge in [0.15, 0.2) is 11.6 Å². The van der Waals surface area contributed by atoms with Crippen molar-refractivity contribution in [2.24, 2.45) is 5.73 Å². The number of amides is 1. The third-order valence-corrected chi connectivity index (χ3v) is 4.39. The van der Waals surface area contributed by atoms with E-state index in [1.54, 1.807) is 36.5 Å². The number of rotatable bonds is 6. The summed E-state index contributed by atoms with van der Waals surface area (Å²) in [5.74, 6) is 0.148. The highest BCUT2D eigenvalue weighted by atomic mass is 16.7. The molecule has 31 heavy (non-hydrogen) atoms. The maximum atomic E-state index is 11.8. The topological polar surface area (TPSA) is 147 Å². The molecule has 0 fully saturated rings. The zero-order chi connectivity index (χ0) is 21.2. The Morgan fingerprint density at radius 2 is 1.94 bits per heavy atom. The minimum absolute atomic E-state index is 0.0403. The lowest BCUT2D eigenvalue weighted by atomic mass is 10.1. The Bertz CT molecular complexity index is 1360. The van der Waals surface area contributed by atoms with E-state index in [-0.39, 0.29) is 17.4 Å². The molecule has 0 aliphatic carbocycles. The molecule has 0 saturated heterocycles. The molecule has 0 radical (unpaired) electrons. The summed E-state index contributed by atoms with van der Waals surface area (Å²) < 4.78 is 5.14. The fourth-order valence-electron chi connectivity index (χ4n) is 2.90. The van der Waals surface area contributed by atoms with E-state index < -0.39 is 5.91 Å². The fraction of sp³-hybridized carbons (Fsp3) is 0. The molecule has 3 heterocycles. The summed E-state index contributed by atoms with van der Waals surface area (Å²) in [4.78, 5) is 27.0. The van der Waals surface area contributed by atoms with Crippen LogP contribution in [0.3, 0.4) is 0 Å². The molecule has 3 N–H and O–H groups in total. The maximum absolute atomic E-state index is 11.8. The predicted octanol–water partition coefficient (Wildman–Crippen LogP) is 2.56. The number of fused-ring (bicyclic) bond motifs is 1. The van der Waals surface area contributed by atoms with Crippen molar-refractivity contribution in [1.82, 2.24) is 30.3 Å². The third-order valence-electron chi connectivity index (χ3n) is 4.39. The number of para-hydroxylation sites is 1. The number of primary amides is 1. The molecule has 0 atom stereocenters. The Morgan fingerprint density at radius 3 is 2.71 bits per heavy atom. The minimum atomic E-state index is -0.682. The molecule has 3 aromatic heterocycles. The van der Waals surface area contributed by atoms with Crippen molar-refractivity contribution in [1.29, 1.82) is 0 Å². The van der Waals surface area contributed by atoms with Crippen LogP contribution in [-0.2, 0) is 0 Å². The van der Waals surface area contributed by atoms with Gasteiger partial charge in [-0.3, -0.25) is 4.79 Å². The lowest BCUT2D eigenvalue weighted by Crippen LogP contribution is -2.16. The first-order valence-corrected chi connectivity index (χ1v) is 9.11. The molecule has 11 heteroatoms. The lowest BCUT2D eigenvalue weighted by molar-refractivity contribution is 0.1000. The Labute approximate surface area is 174 Å². The van der Waals surface area contributed by atoms with Gasteiger partial charge in [0.05, 0.1) is 6.20 Å². The van der Waals surface area contributed by atoms with Gasteiger partial charge in [0.1, 0.15) is 16.6 Å².